The average molecular weight is 864 g/mol. The summed E-state index contributed by atoms with van der Waals surface area (Å²) in [6.45, 7) is 4.47. The number of hydrogen-bond acceptors (Lipinski definition) is 12. The molecule has 0 bridgehead atoms. The van der Waals surface area contributed by atoms with Gasteiger partial charge in [0.2, 0.25) is 0 Å². The number of hydrogen-bond donors (Lipinski definition) is 0. The van der Waals surface area contributed by atoms with Crippen LogP contribution in [0.4, 0.5) is 14.5 Å². The number of halogens is 2. The van der Waals surface area contributed by atoms with Crippen LogP contribution in [0.15, 0.2) is 150 Å². The van der Waals surface area contributed by atoms with E-state index < -0.39 is 43.7 Å². The van der Waals surface area contributed by atoms with Crippen molar-refractivity contribution in [2.45, 2.75) is 44.8 Å². The van der Waals surface area contributed by atoms with Crippen LogP contribution in [-0.4, -0.2) is 39.2 Å². The Morgan fingerprint density at radius 3 is 2.05 bits per heavy atom. The quantitative estimate of drug-likeness (QED) is 0.0315. The first-order valence-corrected chi connectivity index (χ1v) is 21.3. The number of nitrogens with zero attached hydrogens (tertiary/aromatic N) is 5. The summed E-state index contributed by atoms with van der Waals surface area (Å²) in [5.74, 6) is -3.10. The van der Waals surface area contributed by atoms with Gasteiger partial charge in [0.05, 0.1) is 48.3 Å². The summed E-state index contributed by atoms with van der Waals surface area (Å²) in [4.78, 5) is 26.3. The van der Waals surface area contributed by atoms with Crippen LogP contribution in [0.5, 0.6) is 0 Å². The van der Waals surface area contributed by atoms with Crippen LogP contribution in [0.25, 0.3) is 11.3 Å². The fourth-order valence-electron chi connectivity index (χ4n) is 6.38. The molecule has 2 aromatic heterocycles. The summed E-state index contributed by atoms with van der Waals surface area (Å²) >= 11 is 1.33. The van der Waals surface area contributed by atoms with Gasteiger partial charge in [-0.25, -0.2) is 32.8 Å². The zero-order valence-electron chi connectivity index (χ0n) is 32.9. The van der Waals surface area contributed by atoms with Crippen molar-refractivity contribution < 1.29 is 41.2 Å². The molecule has 1 unspecified atom stereocenters. The molecule has 312 valence electrons. The molecule has 7 rings (SSSR count). The zero-order chi connectivity index (χ0) is 42.7. The molecule has 0 radical (unpaired) electrons. The third kappa shape index (κ3) is 11.0. The molecule has 16 heteroatoms. The van der Waals surface area contributed by atoms with E-state index in [1.165, 1.54) is 46.9 Å². The molecular weight excluding hydrogens is 824 g/mol. The van der Waals surface area contributed by atoms with Gasteiger partial charge in [-0.1, -0.05) is 97.9 Å². The first kappa shape index (κ1) is 43.0. The Kier molecular flexibility index (Phi) is 14.1. The van der Waals surface area contributed by atoms with Crippen molar-refractivity contribution in [1.82, 2.24) is 19.7 Å². The second kappa shape index (κ2) is 20.0. The number of thiazole rings is 1. The van der Waals surface area contributed by atoms with E-state index >= 15 is 4.39 Å². The molecule has 0 N–H and O–H groups in total. The van der Waals surface area contributed by atoms with Crippen LogP contribution in [0.1, 0.15) is 50.5 Å². The predicted octanol–water partition coefficient (Wildman–Crippen LogP) is 10.6. The average Bonchev–Trinajstić information content (AvgIpc) is 4.01. The number of benzene rings is 5. The minimum atomic E-state index is -4.05. The number of ether oxygens (including phenoxy) is 2. The summed E-state index contributed by atoms with van der Waals surface area (Å²) in [6, 6.07) is 35.3. The largest absolute Gasteiger partial charge is 0.475 e. The van der Waals surface area contributed by atoms with Crippen molar-refractivity contribution in [3.63, 3.8) is 0 Å². The number of carbonyl (C=O) groups is 1. The van der Waals surface area contributed by atoms with Crippen LogP contribution < -0.4 is 0 Å². The highest BCUT2D eigenvalue weighted by atomic mass is 32.1. The standard InChI is InChI=1S/C45H40F2N5O7PS/c1-32(43-51-42(27-61-43)36-17-20-39(48-2)21-18-36)45(28-52-30-49-29-50-52,40-22-19-38(46)23-41(40)47)56-31-55-44(53)37-15-13-35(14-16-37)26-59-60(54,57-24-33-9-5-3-6-10-33)58-25-34-11-7-4-8-12-34/h3-23,27,29-30,32H,2,24-26,28,31H2,1H3/t32-,45?/m0/s1. The van der Waals surface area contributed by atoms with E-state index in [1.807, 2.05) is 90.3 Å². The number of aromatic nitrogens is 4. The molecule has 0 aliphatic heterocycles. The lowest BCUT2D eigenvalue weighted by molar-refractivity contribution is -0.148. The number of esters is 1. The first-order valence-electron chi connectivity index (χ1n) is 18.9. The molecule has 0 amide bonds. The van der Waals surface area contributed by atoms with Crippen LogP contribution in [0.3, 0.4) is 0 Å². The van der Waals surface area contributed by atoms with Gasteiger partial charge in [-0.05, 0) is 53.7 Å². The van der Waals surface area contributed by atoms with Crippen LogP contribution in [0.2, 0.25) is 0 Å². The highest BCUT2D eigenvalue weighted by Gasteiger charge is 2.45. The Hall–Kier alpha value is -6.06. The highest BCUT2D eigenvalue weighted by molar-refractivity contribution is 7.48. The maximum absolute atomic E-state index is 15.9. The van der Waals surface area contributed by atoms with E-state index in [9.17, 15) is 13.8 Å². The minimum absolute atomic E-state index is 0.000227. The Bertz CT molecular complexity index is 2520. The molecule has 2 atom stereocenters. The van der Waals surface area contributed by atoms with Gasteiger partial charge >= 0.3 is 13.8 Å². The molecule has 61 heavy (non-hydrogen) atoms. The second-order valence-corrected chi connectivity index (χ2v) is 16.3. The van der Waals surface area contributed by atoms with Crippen molar-refractivity contribution in [2.75, 3.05) is 6.79 Å². The van der Waals surface area contributed by atoms with Crippen molar-refractivity contribution >= 4 is 37.5 Å². The van der Waals surface area contributed by atoms with Gasteiger partial charge in [-0.15, -0.1) is 11.3 Å². The summed E-state index contributed by atoms with van der Waals surface area (Å²) in [7, 11) is -4.05. The van der Waals surface area contributed by atoms with E-state index in [2.05, 4.69) is 21.8 Å². The molecule has 0 aliphatic carbocycles. The normalized spacial score (nSPS) is 13.0. The lowest BCUT2D eigenvalue weighted by atomic mass is 9.81. The predicted molar refractivity (Wildman–Crippen MR) is 226 cm³/mol. The van der Waals surface area contributed by atoms with Gasteiger partial charge in [0, 0.05) is 28.5 Å². The SMILES string of the molecule is C=Nc1ccc(-c2csc([C@H](C)C(Cn3cncn3)(OCOC(=O)c3ccc(COP(=O)(OCc4ccccc4)OCc4ccccc4)cc3)c3ccc(F)cc3F)n2)cc1. The number of aliphatic imine (C=N–C) groups is 1. The molecule has 5 aromatic carbocycles. The van der Waals surface area contributed by atoms with Crippen LogP contribution in [-0.2, 0) is 59.6 Å². The van der Waals surface area contributed by atoms with Gasteiger partial charge < -0.3 is 9.47 Å². The van der Waals surface area contributed by atoms with Gasteiger partial charge in [-0.2, -0.15) is 5.10 Å². The zero-order valence-corrected chi connectivity index (χ0v) is 34.6. The van der Waals surface area contributed by atoms with E-state index in [4.69, 9.17) is 28.0 Å². The highest BCUT2D eigenvalue weighted by Crippen LogP contribution is 2.52. The van der Waals surface area contributed by atoms with Gasteiger partial charge in [-0.3, -0.25) is 18.6 Å². The molecule has 2 heterocycles. The van der Waals surface area contributed by atoms with E-state index in [-0.39, 0.29) is 37.5 Å². The number of phosphoric ester groups is 1. The number of rotatable bonds is 20. The van der Waals surface area contributed by atoms with Crippen molar-refractivity contribution in [1.29, 1.82) is 0 Å². The summed E-state index contributed by atoms with van der Waals surface area (Å²) < 4.78 is 74.7. The summed E-state index contributed by atoms with van der Waals surface area (Å²) in [5.41, 5.74) is 2.86. The maximum atomic E-state index is 15.9. The number of carbonyl (C=O) groups excluding carboxylic acids is 1. The van der Waals surface area contributed by atoms with Crippen molar-refractivity contribution in [2.24, 2.45) is 4.99 Å². The molecule has 0 spiro atoms. The topological polar surface area (TPSA) is 136 Å². The van der Waals surface area contributed by atoms with Gasteiger partial charge in [0.1, 0.15) is 29.9 Å². The minimum Gasteiger partial charge on any atom is -0.435 e. The fourth-order valence-corrected chi connectivity index (χ4v) is 8.49. The van der Waals surface area contributed by atoms with Crippen molar-refractivity contribution in [3.8, 4) is 11.3 Å². The third-order valence-corrected chi connectivity index (χ3v) is 12.1. The summed E-state index contributed by atoms with van der Waals surface area (Å²) in [5, 5.41) is 6.67. The van der Waals surface area contributed by atoms with Crippen molar-refractivity contribution in [3.05, 3.63) is 190 Å². The lowest BCUT2D eigenvalue weighted by Crippen LogP contribution is -2.42. The number of phosphoric acid groups is 1. The molecule has 7 aromatic rings. The Morgan fingerprint density at radius 1 is 0.852 bits per heavy atom. The molecule has 0 saturated heterocycles. The smallest absolute Gasteiger partial charge is 0.435 e. The molecule has 0 saturated carbocycles. The van der Waals surface area contributed by atoms with E-state index in [0.717, 1.165) is 28.8 Å². The third-order valence-electron chi connectivity index (χ3n) is 9.74. The molecule has 0 fully saturated rings. The van der Waals surface area contributed by atoms with E-state index in [1.54, 1.807) is 19.1 Å². The fraction of sp³-hybridized carbons (Fsp3) is 0.178. The van der Waals surface area contributed by atoms with Gasteiger partial charge in [0.15, 0.2) is 6.79 Å². The molecular formula is C45H40F2N5O7PS. The Morgan fingerprint density at radius 2 is 1.48 bits per heavy atom. The van der Waals surface area contributed by atoms with Gasteiger partial charge in [0.25, 0.3) is 0 Å². The molecule has 12 nitrogen and oxygen atoms in total. The Balaban J connectivity index is 1.06. The van der Waals surface area contributed by atoms with Crippen LogP contribution in [0, 0.1) is 11.6 Å². The second-order valence-electron chi connectivity index (χ2n) is 13.7. The van der Waals surface area contributed by atoms with Crippen LogP contribution >= 0.6 is 19.2 Å². The summed E-state index contributed by atoms with van der Waals surface area (Å²) in [6.07, 6.45) is 2.76. The molecule has 0 aliphatic rings. The maximum Gasteiger partial charge on any atom is 0.475 e. The first-order chi connectivity index (χ1) is 29.6. The Labute approximate surface area is 355 Å². The van der Waals surface area contributed by atoms with E-state index in [0.29, 0.717) is 22.0 Å². The monoisotopic (exact) mass is 863 g/mol. The lowest BCUT2D eigenvalue weighted by Gasteiger charge is -2.38.